The number of β-amino-alcohol motifs (C(OH)–C–C–N with tert-alkyl or cyclic N) is 1. The summed E-state index contributed by atoms with van der Waals surface area (Å²) in [4.78, 5) is 28.2. The van der Waals surface area contributed by atoms with E-state index in [1.165, 1.54) is 29.2 Å². The Kier molecular flexibility index (Phi) is 4.00. The summed E-state index contributed by atoms with van der Waals surface area (Å²) in [6, 6.07) is 8.43. The van der Waals surface area contributed by atoms with E-state index in [0.717, 1.165) is 0 Å². The molecule has 1 aliphatic heterocycles. The third-order valence-electron chi connectivity index (χ3n) is 4.12. The highest BCUT2D eigenvalue weighted by molar-refractivity contribution is 5.95. The third-order valence-corrected chi connectivity index (χ3v) is 4.12. The number of aliphatic hydroxyl groups excluding tert-OH is 1. The Morgan fingerprint density at radius 3 is 2.83 bits per heavy atom. The van der Waals surface area contributed by atoms with Crippen LogP contribution in [0, 0.1) is 12.7 Å². The summed E-state index contributed by atoms with van der Waals surface area (Å²) in [5, 5.41) is 9.96. The smallest absolute Gasteiger partial charge is 0.256 e. The van der Waals surface area contributed by atoms with Crippen molar-refractivity contribution in [2.24, 2.45) is 0 Å². The summed E-state index contributed by atoms with van der Waals surface area (Å²) in [7, 11) is 0. The molecule has 0 bridgehead atoms. The second kappa shape index (κ2) is 5.96. The SMILES string of the molecule is Cc1[nH]c(=O)ccc1C(=O)N1C[C@H](O)C[C@@H]1c1cccc(F)c1. The first-order valence-electron chi connectivity index (χ1n) is 7.40. The van der Waals surface area contributed by atoms with Crippen LogP contribution in [0.25, 0.3) is 0 Å². The van der Waals surface area contributed by atoms with E-state index in [1.807, 2.05) is 0 Å². The fourth-order valence-corrected chi connectivity index (χ4v) is 3.03. The molecule has 1 amide bonds. The van der Waals surface area contributed by atoms with E-state index in [9.17, 15) is 19.1 Å². The Bertz CT molecular complexity index is 802. The van der Waals surface area contributed by atoms with E-state index >= 15 is 0 Å². The molecule has 1 aromatic carbocycles. The minimum Gasteiger partial charge on any atom is -0.391 e. The number of hydrogen-bond donors (Lipinski definition) is 2. The Hall–Kier alpha value is -2.47. The highest BCUT2D eigenvalue weighted by Gasteiger charge is 2.36. The molecule has 23 heavy (non-hydrogen) atoms. The summed E-state index contributed by atoms with van der Waals surface area (Å²) in [6.07, 6.45) is -0.298. The number of aromatic nitrogens is 1. The van der Waals surface area contributed by atoms with Crippen LogP contribution in [0.1, 0.15) is 34.1 Å². The van der Waals surface area contributed by atoms with Crippen LogP contribution in [0.2, 0.25) is 0 Å². The number of nitrogens with one attached hydrogen (secondary N) is 1. The van der Waals surface area contributed by atoms with Crippen molar-refractivity contribution < 1.29 is 14.3 Å². The van der Waals surface area contributed by atoms with Crippen LogP contribution in [0.4, 0.5) is 4.39 Å². The minimum absolute atomic E-state index is 0.179. The molecular weight excluding hydrogens is 299 g/mol. The van der Waals surface area contributed by atoms with Crippen molar-refractivity contribution in [3.05, 3.63) is 69.4 Å². The van der Waals surface area contributed by atoms with Crippen molar-refractivity contribution in [1.82, 2.24) is 9.88 Å². The number of pyridine rings is 1. The molecule has 1 saturated heterocycles. The number of nitrogens with zero attached hydrogens (tertiary/aromatic N) is 1. The molecule has 2 heterocycles. The number of carbonyl (C=O) groups excluding carboxylic acids is 1. The lowest BCUT2D eigenvalue weighted by molar-refractivity contribution is 0.0714. The van der Waals surface area contributed by atoms with Crippen molar-refractivity contribution in [2.75, 3.05) is 6.54 Å². The number of aliphatic hydroxyl groups is 1. The van der Waals surface area contributed by atoms with Gasteiger partial charge in [-0.25, -0.2) is 4.39 Å². The van der Waals surface area contributed by atoms with Crippen LogP contribution in [-0.4, -0.2) is 33.5 Å². The molecule has 0 unspecified atom stereocenters. The van der Waals surface area contributed by atoms with Crippen LogP contribution >= 0.6 is 0 Å². The number of likely N-dealkylation sites (tertiary alicyclic amines) is 1. The van der Waals surface area contributed by atoms with Gasteiger partial charge in [-0.1, -0.05) is 12.1 Å². The number of benzene rings is 1. The van der Waals surface area contributed by atoms with Crippen molar-refractivity contribution in [3.63, 3.8) is 0 Å². The first-order valence-corrected chi connectivity index (χ1v) is 7.40. The molecule has 0 aliphatic carbocycles. The molecule has 6 heteroatoms. The van der Waals surface area contributed by atoms with Gasteiger partial charge in [0.2, 0.25) is 5.56 Å². The third kappa shape index (κ3) is 3.03. The Morgan fingerprint density at radius 2 is 2.13 bits per heavy atom. The maximum absolute atomic E-state index is 13.5. The molecule has 2 atom stereocenters. The molecule has 0 radical (unpaired) electrons. The molecule has 120 valence electrons. The van der Waals surface area contributed by atoms with Crippen LogP contribution in [0.3, 0.4) is 0 Å². The lowest BCUT2D eigenvalue weighted by atomic mass is 10.0. The van der Waals surface area contributed by atoms with Gasteiger partial charge in [-0.2, -0.15) is 0 Å². The van der Waals surface area contributed by atoms with E-state index < -0.39 is 6.10 Å². The molecular formula is C17H17FN2O3. The largest absolute Gasteiger partial charge is 0.391 e. The number of H-pyrrole nitrogens is 1. The first kappa shape index (κ1) is 15.4. The summed E-state index contributed by atoms with van der Waals surface area (Å²) >= 11 is 0. The van der Waals surface area contributed by atoms with Gasteiger partial charge < -0.3 is 15.0 Å². The van der Waals surface area contributed by atoms with Gasteiger partial charge in [0.25, 0.3) is 5.91 Å². The van der Waals surface area contributed by atoms with Crippen molar-refractivity contribution in [2.45, 2.75) is 25.5 Å². The highest BCUT2D eigenvalue weighted by Crippen LogP contribution is 2.33. The number of amides is 1. The summed E-state index contributed by atoms with van der Waals surface area (Å²) in [5.41, 5.74) is 1.22. The first-order chi connectivity index (χ1) is 11.0. The zero-order valence-electron chi connectivity index (χ0n) is 12.6. The predicted molar refractivity (Wildman–Crippen MR) is 82.6 cm³/mol. The fourth-order valence-electron chi connectivity index (χ4n) is 3.03. The molecule has 0 spiro atoms. The molecule has 2 aromatic rings. The van der Waals surface area contributed by atoms with Gasteiger partial charge in [-0.15, -0.1) is 0 Å². The van der Waals surface area contributed by atoms with Gasteiger partial charge in [-0.3, -0.25) is 9.59 Å². The number of hydrogen-bond acceptors (Lipinski definition) is 3. The molecule has 2 N–H and O–H groups in total. The van der Waals surface area contributed by atoms with Gasteiger partial charge in [0.1, 0.15) is 5.82 Å². The zero-order valence-corrected chi connectivity index (χ0v) is 12.6. The van der Waals surface area contributed by atoms with Gasteiger partial charge in [-0.05, 0) is 37.1 Å². The highest BCUT2D eigenvalue weighted by atomic mass is 19.1. The molecule has 3 rings (SSSR count). The quantitative estimate of drug-likeness (QED) is 0.887. The Morgan fingerprint density at radius 1 is 1.35 bits per heavy atom. The number of aryl methyl sites for hydroxylation is 1. The van der Waals surface area contributed by atoms with Crippen molar-refractivity contribution >= 4 is 5.91 Å². The normalized spacial score (nSPS) is 20.7. The topological polar surface area (TPSA) is 73.4 Å². The fraction of sp³-hybridized carbons (Fsp3) is 0.294. The number of rotatable bonds is 2. The maximum Gasteiger partial charge on any atom is 0.256 e. The zero-order chi connectivity index (χ0) is 16.6. The second-order valence-electron chi connectivity index (χ2n) is 5.78. The molecule has 1 aliphatic rings. The van der Waals surface area contributed by atoms with E-state index in [1.54, 1.807) is 19.1 Å². The Labute approximate surface area is 132 Å². The van der Waals surface area contributed by atoms with E-state index in [-0.39, 0.29) is 29.9 Å². The number of halogens is 1. The average Bonchev–Trinajstić information content (AvgIpc) is 2.89. The summed E-state index contributed by atoms with van der Waals surface area (Å²) in [5.74, 6) is -0.666. The molecule has 1 fully saturated rings. The second-order valence-corrected chi connectivity index (χ2v) is 5.78. The standard InChI is InChI=1S/C17H17FN2O3/c1-10-14(5-6-16(22)19-10)17(23)20-9-13(21)8-15(20)11-3-2-4-12(18)7-11/h2-7,13,15,21H,8-9H2,1H3,(H,19,22)/t13-,15-/m1/s1. The summed E-state index contributed by atoms with van der Waals surface area (Å²) in [6.45, 7) is 1.83. The van der Waals surface area contributed by atoms with E-state index in [2.05, 4.69) is 4.98 Å². The average molecular weight is 316 g/mol. The summed E-state index contributed by atoms with van der Waals surface area (Å²) < 4.78 is 13.5. The van der Waals surface area contributed by atoms with Crippen LogP contribution in [-0.2, 0) is 0 Å². The lowest BCUT2D eigenvalue weighted by Crippen LogP contribution is -2.33. The van der Waals surface area contributed by atoms with Crippen molar-refractivity contribution in [1.29, 1.82) is 0 Å². The van der Waals surface area contributed by atoms with Gasteiger partial charge in [0, 0.05) is 18.3 Å². The van der Waals surface area contributed by atoms with Gasteiger partial charge in [0.05, 0.1) is 17.7 Å². The van der Waals surface area contributed by atoms with Crippen LogP contribution in [0.15, 0.2) is 41.2 Å². The van der Waals surface area contributed by atoms with Crippen molar-refractivity contribution in [3.8, 4) is 0 Å². The predicted octanol–water partition coefficient (Wildman–Crippen LogP) is 1.77. The molecule has 1 aromatic heterocycles. The number of aromatic amines is 1. The van der Waals surface area contributed by atoms with Crippen LogP contribution in [0.5, 0.6) is 0 Å². The van der Waals surface area contributed by atoms with Gasteiger partial charge in [0.15, 0.2) is 0 Å². The lowest BCUT2D eigenvalue weighted by Gasteiger charge is -2.25. The maximum atomic E-state index is 13.5. The van der Waals surface area contributed by atoms with Gasteiger partial charge >= 0.3 is 0 Å². The number of carbonyl (C=O) groups is 1. The Balaban J connectivity index is 1.96. The molecule has 0 saturated carbocycles. The van der Waals surface area contributed by atoms with E-state index in [4.69, 9.17) is 0 Å². The minimum atomic E-state index is -0.657. The van der Waals surface area contributed by atoms with E-state index in [0.29, 0.717) is 23.2 Å². The molecule has 5 nitrogen and oxygen atoms in total. The van der Waals surface area contributed by atoms with Crippen LogP contribution < -0.4 is 5.56 Å². The monoisotopic (exact) mass is 316 g/mol.